The van der Waals surface area contributed by atoms with Crippen LogP contribution in [0.5, 0.6) is 11.5 Å². The first-order valence-corrected chi connectivity index (χ1v) is 9.29. The third-order valence-electron chi connectivity index (χ3n) is 4.92. The van der Waals surface area contributed by atoms with Gasteiger partial charge >= 0.3 is 0 Å². The summed E-state index contributed by atoms with van der Waals surface area (Å²) in [6, 6.07) is 12.9. The van der Waals surface area contributed by atoms with Crippen LogP contribution in [0.4, 0.5) is 0 Å². The van der Waals surface area contributed by atoms with Gasteiger partial charge in [-0.15, -0.1) is 0 Å². The SMILES string of the molecule is O=C1CC(c2nc(-c3ccc(Cl)cc3)no2)CN1Cc1ccc2c(c1)OCO2. The largest absolute Gasteiger partial charge is 0.454 e. The van der Waals surface area contributed by atoms with E-state index < -0.39 is 0 Å². The fourth-order valence-electron chi connectivity index (χ4n) is 3.47. The van der Waals surface area contributed by atoms with Crippen LogP contribution in [-0.4, -0.2) is 34.3 Å². The van der Waals surface area contributed by atoms with Crippen molar-refractivity contribution in [3.8, 4) is 22.9 Å². The lowest BCUT2D eigenvalue weighted by atomic mass is 10.1. The van der Waals surface area contributed by atoms with Crippen molar-refractivity contribution < 1.29 is 18.8 Å². The first-order chi connectivity index (χ1) is 13.7. The van der Waals surface area contributed by atoms with Gasteiger partial charge in [0.15, 0.2) is 11.5 Å². The maximum absolute atomic E-state index is 12.5. The van der Waals surface area contributed by atoms with Crippen molar-refractivity contribution in [2.24, 2.45) is 0 Å². The maximum atomic E-state index is 12.5. The number of benzene rings is 2. The van der Waals surface area contributed by atoms with Gasteiger partial charge < -0.3 is 18.9 Å². The van der Waals surface area contributed by atoms with Gasteiger partial charge in [-0.25, -0.2) is 0 Å². The van der Waals surface area contributed by atoms with Gasteiger partial charge in [0.25, 0.3) is 0 Å². The summed E-state index contributed by atoms with van der Waals surface area (Å²) in [5.41, 5.74) is 1.81. The van der Waals surface area contributed by atoms with E-state index in [9.17, 15) is 4.79 Å². The number of carbonyl (C=O) groups is 1. The van der Waals surface area contributed by atoms with Gasteiger partial charge in [-0.05, 0) is 42.0 Å². The normalized spacial score (nSPS) is 18.1. The predicted octanol–water partition coefficient (Wildman–Crippen LogP) is 3.63. The molecular formula is C20H16ClN3O4. The summed E-state index contributed by atoms with van der Waals surface area (Å²) in [5, 5.41) is 4.69. The van der Waals surface area contributed by atoms with Gasteiger partial charge in [-0.1, -0.05) is 22.8 Å². The van der Waals surface area contributed by atoms with Crippen LogP contribution in [0.25, 0.3) is 11.4 Å². The molecule has 5 rings (SSSR count). The minimum atomic E-state index is -0.116. The summed E-state index contributed by atoms with van der Waals surface area (Å²) in [6.45, 7) is 1.27. The number of nitrogens with zero attached hydrogens (tertiary/aromatic N) is 3. The zero-order valence-electron chi connectivity index (χ0n) is 14.8. The van der Waals surface area contributed by atoms with E-state index in [0.717, 1.165) is 16.9 Å². The van der Waals surface area contributed by atoms with Gasteiger partial charge in [0.1, 0.15) is 0 Å². The molecule has 2 aromatic carbocycles. The number of ether oxygens (including phenoxy) is 2. The van der Waals surface area contributed by atoms with Crippen LogP contribution in [0.2, 0.25) is 5.02 Å². The van der Waals surface area contributed by atoms with Gasteiger partial charge in [-0.3, -0.25) is 4.79 Å². The van der Waals surface area contributed by atoms with E-state index in [-0.39, 0.29) is 18.6 Å². The van der Waals surface area contributed by atoms with Crippen LogP contribution in [0, 0.1) is 0 Å². The minimum absolute atomic E-state index is 0.0638. The predicted molar refractivity (Wildman–Crippen MR) is 100 cm³/mol. The molecule has 1 atom stereocenters. The van der Waals surface area contributed by atoms with Crippen LogP contribution < -0.4 is 9.47 Å². The lowest BCUT2D eigenvalue weighted by molar-refractivity contribution is -0.128. The van der Waals surface area contributed by atoms with E-state index in [2.05, 4.69) is 10.1 Å². The van der Waals surface area contributed by atoms with Crippen molar-refractivity contribution in [1.29, 1.82) is 0 Å². The number of amides is 1. The third-order valence-corrected chi connectivity index (χ3v) is 5.17. The Morgan fingerprint density at radius 2 is 1.93 bits per heavy atom. The second kappa shape index (κ2) is 6.83. The van der Waals surface area contributed by atoms with Crippen molar-refractivity contribution in [3.05, 3.63) is 58.9 Å². The first kappa shape index (κ1) is 17.1. The fourth-order valence-corrected chi connectivity index (χ4v) is 3.59. The van der Waals surface area contributed by atoms with Crippen molar-refractivity contribution in [2.45, 2.75) is 18.9 Å². The molecule has 1 fully saturated rings. The van der Waals surface area contributed by atoms with Crippen molar-refractivity contribution in [1.82, 2.24) is 15.0 Å². The molecule has 0 N–H and O–H groups in total. The van der Waals surface area contributed by atoms with E-state index in [1.165, 1.54) is 0 Å². The number of fused-ring (bicyclic) bond motifs is 1. The molecular weight excluding hydrogens is 382 g/mol. The highest BCUT2D eigenvalue weighted by atomic mass is 35.5. The van der Waals surface area contributed by atoms with E-state index >= 15 is 0 Å². The molecule has 0 bridgehead atoms. The smallest absolute Gasteiger partial charge is 0.232 e. The van der Waals surface area contributed by atoms with Crippen LogP contribution in [0.15, 0.2) is 47.0 Å². The Hall–Kier alpha value is -3.06. The summed E-state index contributed by atoms with van der Waals surface area (Å²) in [4.78, 5) is 18.8. The topological polar surface area (TPSA) is 77.7 Å². The lowest BCUT2D eigenvalue weighted by Gasteiger charge is -2.16. The molecule has 7 nitrogen and oxygen atoms in total. The molecule has 8 heteroatoms. The standard InChI is InChI=1S/C20H16ClN3O4/c21-15-4-2-13(3-5-15)19-22-20(28-23-19)14-8-18(25)24(10-14)9-12-1-6-16-17(7-12)27-11-26-16/h1-7,14H,8-11H2. The van der Waals surface area contributed by atoms with E-state index in [0.29, 0.717) is 42.0 Å². The summed E-state index contributed by atoms with van der Waals surface area (Å²) < 4.78 is 16.2. The number of rotatable bonds is 4. The Morgan fingerprint density at radius 3 is 2.79 bits per heavy atom. The molecule has 0 radical (unpaired) electrons. The van der Waals surface area contributed by atoms with Gasteiger partial charge in [0.2, 0.25) is 24.4 Å². The maximum Gasteiger partial charge on any atom is 0.232 e. The van der Waals surface area contributed by atoms with Gasteiger partial charge in [-0.2, -0.15) is 4.98 Å². The summed E-state index contributed by atoms with van der Waals surface area (Å²) in [5.74, 6) is 2.36. The molecule has 3 heterocycles. The van der Waals surface area contributed by atoms with Crippen LogP contribution in [0.3, 0.4) is 0 Å². The Morgan fingerprint density at radius 1 is 1.11 bits per heavy atom. The zero-order valence-corrected chi connectivity index (χ0v) is 15.6. The first-order valence-electron chi connectivity index (χ1n) is 8.91. The van der Waals surface area contributed by atoms with Crippen LogP contribution in [0.1, 0.15) is 23.8 Å². The highest BCUT2D eigenvalue weighted by Gasteiger charge is 2.34. The highest BCUT2D eigenvalue weighted by Crippen LogP contribution is 2.34. The summed E-state index contributed by atoms with van der Waals surface area (Å²) >= 11 is 5.92. The third kappa shape index (κ3) is 3.18. The molecule has 2 aliphatic heterocycles. The fraction of sp³-hybridized carbons (Fsp3) is 0.250. The Balaban J connectivity index is 1.29. The number of aromatic nitrogens is 2. The molecule has 0 spiro atoms. The quantitative estimate of drug-likeness (QED) is 0.669. The van der Waals surface area contributed by atoms with E-state index in [1.807, 2.05) is 30.3 Å². The molecule has 1 aromatic heterocycles. The molecule has 1 unspecified atom stereocenters. The van der Waals surface area contributed by atoms with Crippen molar-refractivity contribution in [3.63, 3.8) is 0 Å². The summed E-state index contributed by atoms with van der Waals surface area (Å²) in [7, 11) is 0. The molecule has 0 aliphatic carbocycles. The zero-order chi connectivity index (χ0) is 19.1. The highest BCUT2D eigenvalue weighted by molar-refractivity contribution is 6.30. The van der Waals surface area contributed by atoms with E-state index in [1.54, 1.807) is 17.0 Å². The van der Waals surface area contributed by atoms with Crippen molar-refractivity contribution in [2.75, 3.05) is 13.3 Å². The number of carbonyl (C=O) groups excluding carboxylic acids is 1. The summed E-state index contributed by atoms with van der Waals surface area (Å²) in [6.07, 6.45) is 0.354. The Kier molecular flexibility index (Phi) is 4.16. The second-order valence-corrected chi connectivity index (χ2v) is 7.26. The molecule has 3 aromatic rings. The minimum Gasteiger partial charge on any atom is -0.454 e. The molecule has 1 amide bonds. The van der Waals surface area contributed by atoms with Gasteiger partial charge in [0, 0.05) is 30.1 Å². The number of hydrogen-bond acceptors (Lipinski definition) is 6. The molecule has 142 valence electrons. The lowest BCUT2D eigenvalue weighted by Crippen LogP contribution is -2.24. The Labute approximate surface area is 165 Å². The Bertz CT molecular complexity index is 1030. The van der Waals surface area contributed by atoms with E-state index in [4.69, 9.17) is 25.6 Å². The molecule has 28 heavy (non-hydrogen) atoms. The van der Waals surface area contributed by atoms with Crippen LogP contribution >= 0.6 is 11.6 Å². The number of hydrogen-bond donors (Lipinski definition) is 0. The second-order valence-electron chi connectivity index (χ2n) is 6.83. The monoisotopic (exact) mass is 397 g/mol. The molecule has 0 saturated carbocycles. The molecule has 1 saturated heterocycles. The van der Waals surface area contributed by atoms with Crippen LogP contribution in [-0.2, 0) is 11.3 Å². The molecule has 2 aliphatic rings. The average molecular weight is 398 g/mol. The van der Waals surface area contributed by atoms with Crippen molar-refractivity contribution >= 4 is 17.5 Å². The average Bonchev–Trinajstić information content (AvgIpc) is 3.42. The van der Waals surface area contributed by atoms with Gasteiger partial charge in [0.05, 0.1) is 5.92 Å². The number of halogens is 1. The number of likely N-dealkylation sites (tertiary alicyclic amines) is 1.